The molecule has 2 rings (SSSR count). The summed E-state index contributed by atoms with van der Waals surface area (Å²) in [6, 6.07) is 7.55. The lowest BCUT2D eigenvalue weighted by Crippen LogP contribution is -2.44. The first-order valence-corrected chi connectivity index (χ1v) is 5.73. The lowest BCUT2D eigenvalue weighted by Gasteiger charge is -2.29. The van der Waals surface area contributed by atoms with E-state index in [9.17, 15) is 9.90 Å². The smallest absolute Gasteiger partial charge is 0.255 e. The number of aliphatic hydroxyl groups excluding tert-OH is 1. The zero-order valence-corrected chi connectivity index (χ0v) is 9.77. The van der Waals surface area contributed by atoms with Gasteiger partial charge in [-0.2, -0.15) is 0 Å². The molecule has 15 heavy (non-hydrogen) atoms. The van der Waals surface area contributed by atoms with E-state index >= 15 is 0 Å². The highest BCUT2D eigenvalue weighted by Gasteiger charge is 2.27. The molecule has 1 N–H and O–H groups in total. The maximum absolute atomic E-state index is 11.7. The molecule has 1 atom stereocenters. The normalized spacial score (nSPS) is 21.9. The molecule has 0 saturated carbocycles. The Morgan fingerprint density at radius 1 is 1.47 bits per heavy atom. The van der Waals surface area contributed by atoms with E-state index in [2.05, 4.69) is 15.9 Å². The Labute approximate surface area is 96.8 Å². The largest absolute Gasteiger partial charge is 0.383 e. The monoisotopic (exact) mass is 269 g/mol. The highest BCUT2D eigenvalue weighted by Crippen LogP contribution is 2.23. The van der Waals surface area contributed by atoms with Crippen LogP contribution in [0.3, 0.4) is 0 Å². The maximum Gasteiger partial charge on any atom is 0.255 e. The van der Waals surface area contributed by atoms with Crippen molar-refractivity contribution < 1.29 is 9.90 Å². The summed E-state index contributed by atoms with van der Waals surface area (Å²) >= 11 is 3.36. The summed E-state index contributed by atoms with van der Waals surface area (Å²) in [6.07, 6.45) is 0.584. The van der Waals surface area contributed by atoms with Crippen molar-refractivity contribution in [2.75, 3.05) is 11.4 Å². The van der Waals surface area contributed by atoms with E-state index < -0.39 is 6.10 Å². The van der Waals surface area contributed by atoms with Crippen LogP contribution in [0, 0.1) is 0 Å². The number of amides is 1. The van der Waals surface area contributed by atoms with Gasteiger partial charge in [-0.1, -0.05) is 22.0 Å². The number of rotatable bonds is 1. The average Bonchev–Trinajstić information content (AvgIpc) is 2.22. The van der Waals surface area contributed by atoms with Gasteiger partial charge in [0.1, 0.15) is 6.10 Å². The standard InChI is InChI=1S/C11H12BrNO2/c12-8-3-1-4-9(7-8)13-6-2-5-10(14)11(13)15/h1,3-4,7,10,14H,2,5-6H2. The Balaban J connectivity index is 2.26. The summed E-state index contributed by atoms with van der Waals surface area (Å²) in [7, 11) is 0. The van der Waals surface area contributed by atoms with Crippen LogP contribution in [0.15, 0.2) is 28.7 Å². The molecule has 1 aromatic carbocycles. The van der Waals surface area contributed by atoms with E-state index in [0.717, 1.165) is 16.6 Å². The first-order valence-electron chi connectivity index (χ1n) is 4.93. The summed E-state index contributed by atoms with van der Waals surface area (Å²) in [5, 5.41) is 9.48. The molecule has 0 bridgehead atoms. The molecule has 0 aliphatic carbocycles. The molecule has 1 aliphatic rings. The minimum Gasteiger partial charge on any atom is -0.383 e. The van der Waals surface area contributed by atoms with Gasteiger partial charge < -0.3 is 10.0 Å². The molecule has 1 saturated heterocycles. The van der Waals surface area contributed by atoms with Gasteiger partial charge >= 0.3 is 0 Å². The summed E-state index contributed by atoms with van der Waals surface area (Å²) in [4.78, 5) is 13.3. The van der Waals surface area contributed by atoms with Crippen LogP contribution in [0.4, 0.5) is 5.69 Å². The molecule has 4 heteroatoms. The molecule has 0 radical (unpaired) electrons. The minimum atomic E-state index is -0.835. The molecule has 1 unspecified atom stereocenters. The Bertz CT molecular complexity index is 381. The second kappa shape index (κ2) is 4.33. The van der Waals surface area contributed by atoms with Gasteiger partial charge in [-0.05, 0) is 31.0 Å². The van der Waals surface area contributed by atoms with Gasteiger partial charge in [0.25, 0.3) is 5.91 Å². The molecule has 1 aromatic rings. The van der Waals surface area contributed by atoms with Crippen molar-refractivity contribution in [3.63, 3.8) is 0 Å². The van der Waals surface area contributed by atoms with Crippen molar-refractivity contribution >= 4 is 27.5 Å². The third kappa shape index (κ3) is 2.21. The van der Waals surface area contributed by atoms with Crippen LogP contribution >= 0.6 is 15.9 Å². The third-order valence-corrected chi connectivity index (χ3v) is 3.02. The number of piperidine rings is 1. The molecular formula is C11H12BrNO2. The molecule has 0 spiro atoms. The average molecular weight is 270 g/mol. The van der Waals surface area contributed by atoms with E-state index in [4.69, 9.17) is 0 Å². The fourth-order valence-electron chi connectivity index (χ4n) is 1.76. The van der Waals surface area contributed by atoms with Crippen LogP contribution in [0.2, 0.25) is 0 Å². The molecule has 80 valence electrons. The van der Waals surface area contributed by atoms with Gasteiger partial charge in [-0.15, -0.1) is 0 Å². The Kier molecular flexibility index (Phi) is 3.07. The number of halogens is 1. The second-order valence-corrected chi connectivity index (χ2v) is 4.54. The van der Waals surface area contributed by atoms with Gasteiger partial charge in [-0.25, -0.2) is 0 Å². The fourth-order valence-corrected chi connectivity index (χ4v) is 2.14. The Morgan fingerprint density at radius 2 is 2.27 bits per heavy atom. The van der Waals surface area contributed by atoms with Crippen LogP contribution in [-0.4, -0.2) is 23.7 Å². The number of hydrogen-bond acceptors (Lipinski definition) is 2. The minimum absolute atomic E-state index is 0.195. The SMILES string of the molecule is O=C1C(O)CCCN1c1cccc(Br)c1. The first-order chi connectivity index (χ1) is 7.18. The van der Waals surface area contributed by atoms with E-state index in [0.29, 0.717) is 13.0 Å². The van der Waals surface area contributed by atoms with Gasteiger partial charge in [-0.3, -0.25) is 4.79 Å². The quantitative estimate of drug-likeness (QED) is 0.847. The van der Waals surface area contributed by atoms with Gasteiger partial charge in [0.15, 0.2) is 0 Å². The van der Waals surface area contributed by atoms with E-state index in [1.165, 1.54) is 0 Å². The van der Waals surface area contributed by atoms with Crippen LogP contribution in [0.5, 0.6) is 0 Å². The van der Waals surface area contributed by atoms with Crippen molar-refractivity contribution in [1.82, 2.24) is 0 Å². The molecular weight excluding hydrogens is 258 g/mol. The van der Waals surface area contributed by atoms with Crippen LogP contribution in [-0.2, 0) is 4.79 Å². The van der Waals surface area contributed by atoms with Crippen molar-refractivity contribution in [1.29, 1.82) is 0 Å². The predicted molar refractivity (Wildman–Crippen MR) is 61.7 cm³/mol. The van der Waals surface area contributed by atoms with Crippen LogP contribution in [0.25, 0.3) is 0 Å². The van der Waals surface area contributed by atoms with Crippen molar-refractivity contribution in [3.8, 4) is 0 Å². The van der Waals surface area contributed by atoms with E-state index in [-0.39, 0.29) is 5.91 Å². The summed E-state index contributed by atoms with van der Waals surface area (Å²) in [5.74, 6) is -0.195. The number of hydrogen-bond donors (Lipinski definition) is 1. The first kappa shape index (κ1) is 10.6. The summed E-state index contributed by atoms with van der Waals surface area (Å²) in [6.45, 7) is 0.687. The summed E-state index contributed by atoms with van der Waals surface area (Å²) in [5.41, 5.74) is 0.841. The molecule has 1 fully saturated rings. The maximum atomic E-state index is 11.7. The van der Waals surface area contributed by atoms with Crippen molar-refractivity contribution in [2.24, 2.45) is 0 Å². The number of nitrogens with zero attached hydrogens (tertiary/aromatic N) is 1. The number of carbonyl (C=O) groups is 1. The Morgan fingerprint density at radius 3 is 3.00 bits per heavy atom. The van der Waals surface area contributed by atoms with Gasteiger partial charge in [0.2, 0.25) is 0 Å². The second-order valence-electron chi connectivity index (χ2n) is 3.63. The van der Waals surface area contributed by atoms with Crippen LogP contribution < -0.4 is 4.90 Å². The number of anilines is 1. The number of benzene rings is 1. The zero-order valence-electron chi connectivity index (χ0n) is 8.19. The lowest BCUT2D eigenvalue weighted by molar-refractivity contribution is -0.128. The topological polar surface area (TPSA) is 40.5 Å². The molecule has 1 heterocycles. The fraction of sp³-hybridized carbons (Fsp3) is 0.364. The predicted octanol–water partition coefficient (Wildman–Crippen LogP) is 1.94. The van der Waals surface area contributed by atoms with Gasteiger partial charge in [0.05, 0.1) is 0 Å². The Hall–Kier alpha value is -0.870. The van der Waals surface area contributed by atoms with Crippen molar-refractivity contribution in [2.45, 2.75) is 18.9 Å². The number of carbonyl (C=O) groups excluding carboxylic acids is 1. The third-order valence-electron chi connectivity index (χ3n) is 2.53. The highest BCUT2D eigenvalue weighted by atomic mass is 79.9. The molecule has 0 aromatic heterocycles. The molecule has 3 nitrogen and oxygen atoms in total. The van der Waals surface area contributed by atoms with E-state index in [1.54, 1.807) is 4.90 Å². The van der Waals surface area contributed by atoms with E-state index in [1.807, 2.05) is 24.3 Å². The number of aliphatic hydroxyl groups is 1. The van der Waals surface area contributed by atoms with Gasteiger partial charge in [0, 0.05) is 16.7 Å². The highest BCUT2D eigenvalue weighted by molar-refractivity contribution is 9.10. The lowest BCUT2D eigenvalue weighted by atomic mass is 10.1. The van der Waals surface area contributed by atoms with Crippen molar-refractivity contribution in [3.05, 3.63) is 28.7 Å². The zero-order chi connectivity index (χ0) is 10.8. The van der Waals surface area contributed by atoms with Crippen LogP contribution in [0.1, 0.15) is 12.8 Å². The molecule has 1 aliphatic heterocycles. The molecule has 1 amide bonds. The summed E-state index contributed by atoms with van der Waals surface area (Å²) < 4.78 is 0.938.